The van der Waals surface area contributed by atoms with Crippen molar-refractivity contribution in [2.75, 3.05) is 5.32 Å². The third-order valence-corrected chi connectivity index (χ3v) is 4.28. The minimum Gasteiger partial charge on any atom is -0.334 e. The van der Waals surface area contributed by atoms with Gasteiger partial charge >= 0.3 is 0 Å². The number of benzene rings is 1. The summed E-state index contributed by atoms with van der Waals surface area (Å²) in [6.07, 6.45) is 1.14. The third-order valence-electron chi connectivity index (χ3n) is 2.76. The van der Waals surface area contributed by atoms with Gasteiger partial charge in [0.05, 0.1) is 16.8 Å². The monoisotopic (exact) mass is 268 g/mol. The summed E-state index contributed by atoms with van der Waals surface area (Å²) in [5.74, 6) is 0. The standard InChI is InChI=1S/C13H17ClN2S/c1-8-5-4-6-11(12(8)14)16-13-15-9(2)7-10(3)17-13/h4-6,9-10H,7H2,1-3H3,(H,15,16). The number of aliphatic imine (C=N–C) groups is 1. The number of halogens is 1. The van der Waals surface area contributed by atoms with Crippen molar-refractivity contribution in [3.8, 4) is 0 Å². The van der Waals surface area contributed by atoms with Crippen LogP contribution in [0.3, 0.4) is 0 Å². The number of nitrogens with one attached hydrogen (secondary N) is 1. The van der Waals surface area contributed by atoms with Crippen LogP contribution in [-0.4, -0.2) is 16.5 Å². The summed E-state index contributed by atoms with van der Waals surface area (Å²) < 4.78 is 0. The molecule has 0 saturated carbocycles. The second kappa shape index (κ2) is 5.32. The smallest absolute Gasteiger partial charge is 0.161 e. The molecule has 1 aromatic rings. The SMILES string of the molecule is Cc1cccc(NC2=NC(C)CC(C)S2)c1Cl. The summed E-state index contributed by atoms with van der Waals surface area (Å²) in [5, 5.41) is 5.69. The third kappa shape index (κ3) is 3.17. The van der Waals surface area contributed by atoms with Crippen LogP contribution in [0.1, 0.15) is 25.8 Å². The van der Waals surface area contributed by atoms with Crippen LogP contribution in [-0.2, 0) is 0 Å². The quantitative estimate of drug-likeness (QED) is 0.820. The van der Waals surface area contributed by atoms with E-state index in [1.54, 1.807) is 11.8 Å². The van der Waals surface area contributed by atoms with Crippen LogP contribution in [0.25, 0.3) is 0 Å². The Morgan fingerprint density at radius 2 is 2.18 bits per heavy atom. The van der Waals surface area contributed by atoms with Crippen LogP contribution >= 0.6 is 23.4 Å². The van der Waals surface area contributed by atoms with Crippen LogP contribution in [0.2, 0.25) is 5.02 Å². The molecular weight excluding hydrogens is 252 g/mol. The molecule has 0 bridgehead atoms. The molecule has 2 rings (SSSR count). The fourth-order valence-electron chi connectivity index (χ4n) is 1.92. The largest absolute Gasteiger partial charge is 0.334 e. The molecule has 92 valence electrons. The van der Waals surface area contributed by atoms with Gasteiger partial charge < -0.3 is 5.32 Å². The first kappa shape index (κ1) is 12.8. The van der Waals surface area contributed by atoms with E-state index in [0.29, 0.717) is 11.3 Å². The average Bonchev–Trinajstić information content (AvgIpc) is 2.23. The number of thioether (sulfide) groups is 1. The molecular formula is C13H17ClN2S. The van der Waals surface area contributed by atoms with Gasteiger partial charge in [0.1, 0.15) is 0 Å². The molecule has 17 heavy (non-hydrogen) atoms. The highest BCUT2D eigenvalue weighted by Crippen LogP contribution is 2.30. The lowest BCUT2D eigenvalue weighted by atomic mass is 10.2. The van der Waals surface area contributed by atoms with Crippen LogP contribution in [0.15, 0.2) is 23.2 Å². The molecule has 1 aliphatic heterocycles. The van der Waals surface area contributed by atoms with E-state index in [1.807, 2.05) is 25.1 Å². The van der Waals surface area contributed by atoms with E-state index in [0.717, 1.165) is 27.9 Å². The minimum absolute atomic E-state index is 0.386. The number of aryl methyl sites for hydroxylation is 1. The first-order valence-corrected chi connectivity index (χ1v) is 7.08. The molecule has 1 heterocycles. The summed E-state index contributed by atoms with van der Waals surface area (Å²) >= 11 is 8.04. The lowest BCUT2D eigenvalue weighted by Gasteiger charge is -2.23. The first-order chi connectivity index (χ1) is 8.06. The van der Waals surface area contributed by atoms with Gasteiger partial charge in [0.2, 0.25) is 0 Å². The molecule has 1 aromatic carbocycles. The molecule has 0 radical (unpaired) electrons. The van der Waals surface area contributed by atoms with Gasteiger partial charge in [-0.05, 0) is 31.9 Å². The van der Waals surface area contributed by atoms with Crippen LogP contribution in [0.4, 0.5) is 5.69 Å². The molecule has 2 unspecified atom stereocenters. The van der Waals surface area contributed by atoms with Gasteiger partial charge in [-0.15, -0.1) is 0 Å². The van der Waals surface area contributed by atoms with Crippen LogP contribution < -0.4 is 5.32 Å². The topological polar surface area (TPSA) is 24.4 Å². The maximum absolute atomic E-state index is 6.26. The maximum Gasteiger partial charge on any atom is 0.161 e. The Bertz CT molecular complexity index is 445. The molecule has 0 spiro atoms. The number of hydrogen-bond acceptors (Lipinski definition) is 3. The van der Waals surface area contributed by atoms with E-state index in [1.165, 1.54) is 0 Å². The van der Waals surface area contributed by atoms with Crippen molar-refractivity contribution in [2.24, 2.45) is 4.99 Å². The molecule has 2 nitrogen and oxygen atoms in total. The number of amidine groups is 1. The van der Waals surface area contributed by atoms with E-state index in [4.69, 9.17) is 11.6 Å². The molecule has 0 aromatic heterocycles. The minimum atomic E-state index is 0.386. The highest BCUT2D eigenvalue weighted by molar-refractivity contribution is 8.14. The zero-order valence-electron chi connectivity index (χ0n) is 10.3. The summed E-state index contributed by atoms with van der Waals surface area (Å²) in [6, 6.07) is 6.39. The van der Waals surface area contributed by atoms with Gasteiger partial charge in [-0.1, -0.05) is 42.4 Å². The summed E-state index contributed by atoms with van der Waals surface area (Å²) in [5.41, 5.74) is 2.03. The van der Waals surface area contributed by atoms with E-state index < -0.39 is 0 Å². The van der Waals surface area contributed by atoms with Crippen molar-refractivity contribution in [3.63, 3.8) is 0 Å². The zero-order valence-corrected chi connectivity index (χ0v) is 11.9. The van der Waals surface area contributed by atoms with Gasteiger partial charge in [0.15, 0.2) is 5.17 Å². The van der Waals surface area contributed by atoms with E-state index in [9.17, 15) is 0 Å². The second-order valence-corrected chi connectivity index (χ2v) is 6.31. The van der Waals surface area contributed by atoms with Crippen molar-refractivity contribution in [1.29, 1.82) is 0 Å². The molecule has 0 fully saturated rings. The van der Waals surface area contributed by atoms with Gasteiger partial charge in [-0.3, -0.25) is 4.99 Å². The molecule has 0 aliphatic carbocycles. The zero-order chi connectivity index (χ0) is 12.4. The fraction of sp³-hybridized carbons (Fsp3) is 0.462. The number of hydrogen-bond donors (Lipinski definition) is 1. The first-order valence-electron chi connectivity index (χ1n) is 5.83. The summed E-state index contributed by atoms with van der Waals surface area (Å²) in [6.45, 7) is 6.39. The van der Waals surface area contributed by atoms with E-state index in [-0.39, 0.29) is 0 Å². The number of anilines is 1. The highest BCUT2D eigenvalue weighted by atomic mass is 35.5. The Labute approximate surface area is 112 Å². The Morgan fingerprint density at radius 1 is 1.41 bits per heavy atom. The average molecular weight is 269 g/mol. The normalized spacial score (nSPS) is 24.4. The van der Waals surface area contributed by atoms with Crippen molar-refractivity contribution in [1.82, 2.24) is 0 Å². The molecule has 0 amide bonds. The number of rotatable bonds is 1. The summed E-state index contributed by atoms with van der Waals surface area (Å²) in [7, 11) is 0. The molecule has 1 aliphatic rings. The predicted octanol–water partition coefficient (Wildman–Crippen LogP) is 4.33. The van der Waals surface area contributed by atoms with Gasteiger partial charge in [0, 0.05) is 5.25 Å². The van der Waals surface area contributed by atoms with Crippen molar-refractivity contribution >= 4 is 34.2 Å². The van der Waals surface area contributed by atoms with Crippen molar-refractivity contribution in [3.05, 3.63) is 28.8 Å². The van der Waals surface area contributed by atoms with E-state index in [2.05, 4.69) is 24.2 Å². The lowest BCUT2D eigenvalue weighted by molar-refractivity contribution is 0.661. The molecule has 4 heteroatoms. The molecule has 0 saturated heterocycles. The Hall–Kier alpha value is -0.670. The molecule has 1 N–H and O–H groups in total. The van der Waals surface area contributed by atoms with Crippen molar-refractivity contribution < 1.29 is 0 Å². The fourth-order valence-corrected chi connectivity index (χ4v) is 3.26. The van der Waals surface area contributed by atoms with Gasteiger partial charge in [-0.2, -0.15) is 0 Å². The second-order valence-electron chi connectivity index (χ2n) is 4.51. The number of nitrogens with zero attached hydrogens (tertiary/aromatic N) is 1. The molecule has 2 atom stereocenters. The van der Waals surface area contributed by atoms with Crippen molar-refractivity contribution in [2.45, 2.75) is 38.5 Å². The van der Waals surface area contributed by atoms with Crippen LogP contribution in [0, 0.1) is 6.92 Å². The predicted molar refractivity (Wildman–Crippen MR) is 78.4 cm³/mol. The lowest BCUT2D eigenvalue weighted by Crippen LogP contribution is -2.22. The van der Waals surface area contributed by atoms with Crippen LogP contribution in [0.5, 0.6) is 0 Å². The van der Waals surface area contributed by atoms with E-state index >= 15 is 0 Å². The Morgan fingerprint density at radius 3 is 2.88 bits per heavy atom. The van der Waals surface area contributed by atoms with Gasteiger partial charge in [0.25, 0.3) is 0 Å². The Balaban J connectivity index is 2.18. The highest BCUT2D eigenvalue weighted by Gasteiger charge is 2.19. The van der Waals surface area contributed by atoms with Gasteiger partial charge in [-0.25, -0.2) is 0 Å². The summed E-state index contributed by atoms with van der Waals surface area (Å²) in [4.78, 5) is 4.61. The Kier molecular flexibility index (Phi) is 4.00. The maximum atomic E-state index is 6.26.